The minimum Gasteiger partial charge on any atom is -0.497 e. The first-order chi connectivity index (χ1) is 14.5. The van der Waals surface area contributed by atoms with Gasteiger partial charge < -0.3 is 14.4 Å². The summed E-state index contributed by atoms with van der Waals surface area (Å²) in [6.07, 6.45) is 5.24. The molecular weight excluding hydrogens is 380 g/mol. The van der Waals surface area contributed by atoms with Gasteiger partial charge in [-0.25, -0.2) is 4.98 Å². The predicted molar refractivity (Wildman–Crippen MR) is 118 cm³/mol. The van der Waals surface area contributed by atoms with Crippen LogP contribution in [-0.2, 0) is 17.7 Å². The quantitative estimate of drug-likeness (QED) is 0.817. The highest BCUT2D eigenvalue weighted by Crippen LogP contribution is 2.20. The van der Waals surface area contributed by atoms with E-state index in [1.165, 1.54) is 0 Å². The molecule has 1 aromatic heterocycles. The van der Waals surface area contributed by atoms with Gasteiger partial charge in [-0.05, 0) is 38.0 Å². The summed E-state index contributed by atoms with van der Waals surface area (Å²) in [7, 11) is 1.67. The molecule has 0 amide bonds. The molecule has 4 rings (SSSR count). The van der Waals surface area contributed by atoms with Crippen molar-refractivity contribution in [2.75, 3.05) is 38.2 Å². The number of benzene rings is 1. The highest BCUT2D eigenvalue weighted by molar-refractivity contribution is 5.50. The fraction of sp³-hybridized carbons (Fsp3) is 0.478. The molecule has 7 heteroatoms. The number of aromatic nitrogens is 2. The van der Waals surface area contributed by atoms with Crippen molar-refractivity contribution < 1.29 is 9.47 Å². The fourth-order valence-electron chi connectivity index (χ4n) is 4.19. The maximum Gasteiger partial charge on any atom is 0.255 e. The standard InChI is InChI=1S/C23H30N4O3/c1-16-13-27(14-17(2)30-16)23-24-21-15-26(12-10-20(21)22(28)25-23)11-4-5-18-6-8-19(29-3)9-7-18/h4-9,16-17H,10-15H2,1-3H3,(H,24,25,28)/b5-4+. The van der Waals surface area contributed by atoms with Crippen LogP contribution in [0.2, 0.25) is 0 Å². The number of ether oxygens (including phenoxy) is 2. The van der Waals surface area contributed by atoms with Gasteiger partial charge in [-0.1, -0.05) is 24.3 Å². The van der Waals surface area contributed by atoms with Crippen molar-refractivity contribution in [1.29, 1.82) is 0 Å². The molecule has 1 fully saturated rings. The number of anilines is 1. The van der Waals surface area contributed by atoms with Crippen molar-refractivity contribution in [2.24, 2.45) is 0 Å². The molecule has 160 valence electrons. The van der Waals surface area contributed by atoms with Crippen molar-refractivity contribution in [3.8, 4) is 5.75 Å². The van der Waals surface area contributed by atoms with Gasteiger partial charge in [-0.15, -0.1) is 0 Å². The number of aromatic amines is 1. The van der Waals surface area contributed by atoms with Crippen LogP contribution in [-0.4, -0.2) is 60.4 Å². The summed E-state index contributed by atoms with van der Waals surface area (Å²) >= 11 is 0. The summed E-state index contributed by atoms with van der Waals surface area (Å²) in [4.78, 5) is 24.9. The van der Waals surface area contributed by atoms with Crippen LogP contribution >= 0.6 is 0 Å². The first-order valence-electron chi connectivity index (χ1n) is 10.6. The SMILES string of the molecule is COc1ccc(/C=C/CN2CCc3c(nc(N4CC(C)OC(C)C4)[nH]c3=O)C2)cc1. The van der Waals surface area contributed by atoms with Crippen molar-refractivity contribution in [1.82, 2.24) is 14.9 Å². The lowest BCUT2D eigenvalue weighted by atomic mass is 10.1. The van der Waals surface area contributed by atoms with Gasteiger partial charge in [0.25, 0.3) is 5.56 Å². The van der Waals surface area contributed by atoms with Gasteiger partial charge in [-0.3, -0.25) is 14.7 Å². The molecule has 1 saturated heterocycles. The maximum atomic E-state index is 12.7. The molecule has 0 aliphatic carbocycles. The summed E-state index contributed by atoms with van der Waals surface area (Å²) in [6.45, 7) is 7.94. The third-order valence-electron chi connectivity index (χ3n) is 5.65. The second-order valence-corrected chi connectivity index (χ2v) is 8.14. The molecule has 1 N–H and O–H groups in total. The minimum atomic E-state index is -0.00442. The van der Waals surface area contributed by atoms with Crippen LogP contribution in [0.1, 0.15) is 30.7 Å². The number of hydrogen-bond acceptors (Lipinski definition) is 6. The molecule has 7 nitrogen and oxygen atoms in total. The summed E-state index contributed by atoms with van der Waals surface area (Å²) < 4.78 is 11.0. The van der Waals surface area contributed by atoms with Gasteiger partial charge in [0.05, 0.1) is 25.0 Å². The lowest BCUT2D eigenvalue weighted by Gasteiger charge is -2.36. The Morgan fingerprint density at radius 1 is 1.23 bits per heavy atom. The molecule has 2 aliphatic rings. The van der Waals surface area contributed by atoms with Crippen LogP contribution in [0.15, 0.2) is 35.1 Å². The molecule has 0 bridgehead atoms. The topological polar surface area (TPSA) is 70.7 Å². The maximum absolute atomic E-state index is 12.7. The third-order valence-corrected chi connectivity index (χ3v) is 5.65. The molecule has 2 atom stereocenters. The van der Waals surface area contributed by atoms with Crippen LogP contribution in [0.4, 0.5) is 5.95 Å². The van der Waals surface area contributed by atoms with Crippen LogP contribution in [0, 0.1) is 0 Å². The van der Waals surface area contributed by atoms with Crippen molar-refractivity contribution >= 4 is 12.0 Å². The summed E-state index contributed by atoms with van der Waals surface area (Å²) in [5.74, 6) is 1.52. The number of morpholine rings is 1. The Labute approximate surface area is 177 Å². The van der Waals surface area contributed by atoms with E-state index in [-0.39, 0.29) is 17.8 Å². The van der Waals surface area contributed by atoms with E-state index in [1.54, 1.807) is 7.11 Å². The number of rotatable bonds is 5. The Hall–Kier alpha value is -2.64. The third kappa shape index (κ3) is 4.74. The number of hydrogen-bond donors (Lipinski definition) is 1. The van der Waals surface area contributed by atoms with Gasteiger partial charge in [-0.2, -0.15) is 0 Å². The smallest absolute Gasteiger partial charge is 0.255 e. The second kappa shape index (κ2) is 9.02. The zero-order chi connectivity index (χ0) is 21.1. The van der Waals surface area contributed by atoms with Crippen LogP contribution in [0.25, 0.3) is 6.08 Å². The van der Waals surface area contributed by atoms with E-state index in [0.717, 1.165) is 55.2 Å². The van der Waals surface area contributed by atoms with Crippen LogP contribution < -0.4 is 15.2 Å². The molecule has 2 aliphatic heterocycles. The first-order valence-corrected chi connectivity index (χ1v) is 10.6. The number of nitrogens with zero attached hydrogens (tertiary/aromatic N) is 3. The molecule has 2 unspecified atom stereocenters. The van der Waals surface area contributed by atoms with Crippen molar-refractivity contribution in [3.05, 3.63) is 57.5 Å². The Balaban J connectivity index is 1.44. The molecule has 3 heterocycles. The number of nitrogens with one attached hydrogen (secondary N) is 1. The Morgan fingerprint density at radius 3 is 2.67 bits per heavy atom. The van der Waals surface area contributed by atoms with E-state index in [2.05, 4.69) is 40.8 Å². The van der Waals surface area contributed by atoms with Gasteiger partial charge in [0, 0.05) is 38.3 Å². The van der Waals surface area contributed by atoms with Gasteiger partial charge in [0.15, 0.2) is 0 Å². The fourth-order valence-corrected chi connectivity index (χ4v) is 4.19. The van der Waals surface area contributed by atoms with E-state index in [0.29, 0.717) is 12.5 Å². The molecule has 1 aromatic carbocycles. The van der Waals surface area contributed by atoms with Gasteiger partial charge in [0.1, 0.15) is 5.75 Å². The predicted octanol–water partition coefficient (Wildman–Crippen LogP) is 2.46. The van der Waals surface area contributed by atoms with Crippen LogP contribution in [0.5, 0.6) is 5.75 Å². The largest absolute Gasteiger partial charge is 0.497 e. The molecule has 0 spiro atoms. The zero-order valence-corrected chi connectivity index (χ0v) is 17.9. The molecular formula is C23H30N4O3. The molecule has 0 radical (unpaired) electrons. The van der Waals surface area contributed by atoms with Crippen molar-refractivity contribution in [3.63, 3.8) is 0 Å². The Bertz CT molecular complexity index is 944. The monoisotopic (exact) mass is 410 g/mol. The lowest BCUT2D eigenvalue weighted by Crippen LogP contribution is -2.47. The van der Waals surface area contributed by atoms with E-state index < -0.39 is 0 Å². The average Bonchev–Trinajstić information content (AvgIpc) is 2.73. The second-order valence-electron chi connectivity index (χ2n) is 8.14. The average molecular weight is 411 g/mol. The van der Waals surface area contributed by atoms with Crippen molar-refractivity contribution in [2.45, 2.75) is 39.0 Å². The molecule has 0 saturated carbocycles. The van der Waals surface area contributed by atoms with E-state index in [9.17, 15) is 4.79 Å². The Kier molecular flexibility index (Phi) is 6.20. The normalized spacial score (nSPS) is 22.3. The summed E-state index contributed by atoms with van der Waals surface area (Å²) in [6, 6.07) is 8.00. The van der Waals surface area contributed by atoms with Gasteiger partial charge in [0.2, 0.25) is 5.95 Å². The first kappa shape index (κ1) is 20.6. The number of fused-ring (bicyclic) bond motifs is 1. The highest BCUT2D eigenvalue weighted by atomic mass is 16.5. The lowest BCUT2D eigenvalue weighted by molar-refractivity contribution is -0.00576. The van der Waals surface area contributed by atoms with E-state index in [1.807, 2.05) is 24.3 Å². The van der Waals surface area contributed by atoms with E-state index >= 15 is 0 Å². The summed E-state index contributed by atoms with van der Waals surface area (Å²) in [5, 5.41) is 0. The summed E-state index contributed by atoms with van der Waals surface area (Å²) in [5.41, 5.74) is 2.85. The highest BCUT2D eigenvalue weighted by Gasteiger charge is 2.26. The number of H-pyrrole nitrogens is 1. The Morgan fingerprint density at radius 2 is 1.97 bits per heavy atom. The van der Waals surface area contributed by atoms with E-state index in [4.69, 9.17) is 14.5 Å². The van der Waals surface area contributed by atoms with Crippen LogP contribution in [0.3, 0.4) is 0 Å². The molecule has 30 heavy (non-hydrogen) atoms. The zero-order valence-electron chi connectivity index (χ0n) is 17.9. The number of methoxy groups -OCH3 is 1. The van der Waals surface area contributed by atoms with Gasteiger partial charge >= 0.3 is 0 Å². The molecule has 2 aromatic rings. The minimum absolute atomic E-state index is 0.00442.